The molecule has 1 heterocycles. The van der Waals surface area contributed by atoms with Gasteiger partial charge in [-0.1, -0.05) is 30.3 Å². The number of carboxylic acid groups (broad SMARTS) is 1. The zero-order chi connectivity index (χ0) is 16.1. The number of carbonyl (C=O) groups excluding carboxylic acids is 1. The van der Waals surface area contributed by atoms with Gasteiger partial charge in [0, 0.05) is 6.04 Å². The van der Waals surface area contributed by atoms with Crippen LogP contribution in [0.5, 0.6) is 0 Å². The third-order valence-electron chi connectivity index (χ3n) is 3.56. The van der Waals surface area contributed by atoms with Crippen molar-refractivity contribution in [3.05, 3.63) is 35.9 Å². The van der Waals surface area contributed by atoms with E-state index in [1.54, 1.807) is 0 Å². The summed E-state index contributed by atoms with van der Waals surface area (Å²) >= 11 is 0. The third kappa shape index (κ3) is 4.25. The average molecular weight is 310 g/mol. The summed E-state index contributed by atoms with van der Waals surface area (Å²) in [4.78, 5) is 10.7. The van der Waals surface area contributed by atoms with Crippen LogP contribution in [0.2, 0.25) is 0 Å². The van der Waals surface area contributed by atoms with Crippen molar-refractivity contribution < 1.29 is 29.6 Å². The molecule has 0 amide bonds. The average Bonchev–Trinajstić information content (AvgIpc) is 2.52. The zero-order valence-corrected chi connectivity index (χ0v) is 12.2. The lowest BCUT2D eigenvalue weighted by Crippen LogP contribution is -2.62. The van der Waals surface area contributed by atoms with Crippen LogP contribution in [-0.4, -0.2) is 53.4 Å². The van der Waals surface area contributed by atoms with Crippen molar-refractivity contribution in [2.45, 2.75) is 44.1 Å². The van der Waals surface area contributed by atoms with Crippen molar-refractivity contribution in [1.82, 2.24) is 5.32 Å². The molecule has 0 bridgehead atoms. The molecule has 1 aromatic rings. The van der Waals surface area contributed by atoms with Crippen molar-refractivity contribution in [1.29, 1.82) is 0 Å². The van der Waals surface area contributed by atoms with Crippen LogP contribution in [0.1, 0.15) is 12.5 Å². The summed E-state index contributed by atoms with van der Waals surface area (Å²) in [6, 6.07) is 7.69. The van der Waals surface area contributed by atoms with Gasteiger partial charge in [0.2, 0.25) is 0 Å². The van der Waals surface area contributed by atoms with Crippen LogP contribution in [0.3, 0.4) is 0 Å². The first-order chi connectivity index (χ1) is 10.5. The fourth-order valence-corrected chi connectivity index (χ4v) is 2.23. The summed E-state index contributed by atoms with van der Waals surface area (Å²) in [6.07, 6.45) is -3.44. The number of carboxylic acids is 1. The van der Waals surface area contributed by atoms with E-state index in [1.165, 1.54) is 6.92 Å². The van der Waals surface area contributed by atoms with Gasteiger partial charge in [-0.05, 0) is 12.5 Å². The van der Waals surface area contributed by atoms with Crippen molar-refractivity contribution in [3.8, 4) is 0 Å². The second-order valence-corrected chi connectivity index (χ2v) is 5.29. The van der Waals surface area contributed by atoms with E-state index >= 15 is 0 Å². The molecule has 0 spiro atoms. The Labute approximate surface area is 128 Å². The molecular weight excluding hydrogens is 290 g/mol. The molecule has 1 fully saturated rings. The molecule has 0 aliphatic carbocycles. The van der Waals surface area contributed by atoms with Crippen molar-refractivity contribution in [3.63, 3.8) is 0 Å². The number of aliphatic hydroxyl groups is 2. The molecule has 2 rings (SSSR count). The van der Waals surface area contributed by atoms with E-state index < -0.39 is 36.6 Å². The molecular formula is C15H20NO6-. The minimum atomic E-state index is -1.29. The lowest BCUT2D eigenvalue weighted by Gasteiger charge is -2.38. The number of rotatable bonds is 6. The van der Waals surface area contributed by atoms with E-state index in [4.69, 9.17) is 9.47 Å². The standard InChI is InChI=1S/C15H21NO6/c1-9(14(19)20)16-11-8-22-15(13(18)12(11)17)21-7-10-5-3-2-4-6-10/h2-6,9,11-13,15-18H,7-8H2,1H3,(H,19,20)/p-1/t9-,11-,12+,13-,15-/m0/s1. The van der Waals surface area contributed by atoms with Crippen molar-refractivity contribution in [2.24, 2.45) is 0 Å². The van der Waals surface area contributed by atoms with Crippen LogP contribution in [0.25, 0.3) is 0 Å². The number of hydrogen-bond donors (Lipinski definition) is 3. The molecule has 1 saturated heterocycles. The minimum absolute atomic E-state index is 0.0231. The van der Waals surface area contributed by atoms with E-state index in [0.29, 0.717) is 0 Å². The van der Waals surface area contributed by atoms with Crippen LogP contribution in [0.4, 0.5) is 0 Å². The zero-order valence-electron chi connectivity index (χ0n) is 12.2. The summed E-state index contributed by atoms with van der Waals surface area (Å²) < 4.78 is 10.8. The molecule has 1 aliphatic rings. The van der Waals surface area contributed by atoms with Crippen LogP contribution in [0.15, 0.2) is 30.3 Å². The highest BCUT2D eigenvalue weighted by atomic mass is 16.7. The quantitative estimate of drug-likeness (QED) is 0.579. The largest absolute Gasteiger partial charge is 0.548 e. The molecule has 5 atom stereocenters. The van der Waals surface area contributed by atoms with Gasteiger partial charge in [0.25, 0.3) is 0 Å². The normalized spacial score (nSPS) is 30.0. The Balaban J connectivity index is 1.86. The number of hydrogen-bond acceptors (Lipinski definition) is 7. The molecule has 7 nitrogen and oxygen atoms in total. The van der Waals surface area contributed by atoms with Gasteiger partial charge >= 0.3 is 0 Å². The highest BCUT2D eigenvalue weighted by Crippen LogP contribution is 2.18. The molecule has 0 radical (unpaired) electrons. The molecule has 22 heavy (non-hydrogen) atoms. The summed E-state index contributed by atoms with van der Waals surface area (Å²) in [5.74, 6) is -1.29. The highest BCUT2D eigenvalue weighted by Gasteiger charge is 2.39. The maximum Gasteiger partial charge on any atom is 0.186 e. The molecule has 1 aliphatic heterocycles. The van der Waals surface area contributed by atoms with Crippen LogP contribution in [-0.2, 0) is 20.9 Å². The Bertz CT molecular complexity index is 482. The Morgan fingerprint density at radius 2 is 2.09 bits per heavy atom. The van der Waals surface area contributed by atoms with Crippen LogP contribution < -0.4 is 10.4 Å². The van der Waals surface area contributed by atoms with Crippen LogP contribution in [0, 0.1) is 0 Å². The number of aliphatic hydroxyl groups excluding tert-OH is 2. The van der Waals surface area contributed by atoms with Crippen molar-refractivity contribution in [2.75, 3.05) is 6.61 Å². The monoisotopic (exact) mass is 310 g/mol. The smallest absolute Gasteiger partial charge is 0.186 e. The molecule has 1 aromatic carbocycles. The maximum absolute atomic E-state index is 10.7. The Morgan fingerprint density at radius 3 is 2.73 bits per heavy atom. The van der Waals surface area contributed by atoms with Gasteiger partial charge < -0.3 is 34.9 Å². The van der Waals surface area contributed by atoms with Gasteiger partial charge in [0.05, 0.1) is 25.2 Å². The second kappa shape index (κ2) is 7.66. The summed E-state index contributed by atoms with van der Waals surface area (Å²) in [5.41, 5.74) is 0.915. The van der Waals surface area contributed by atoms with E-state index in [1.807, 2.05) is 30.3 Å². The first-order valence-corrected chi connectivity index (χ1v) is 7.09. The molecule has 7 heteroatoms. The summed E-state index contributed by atoms with van der Waals surface area (Å²) in [7, 11) is 0. The topological polar surface area (TPSA) is 111 Å². The number of benzene rings is 1. The maximum atomic E-state index is 10.7. The Kier molecular flexibility index (Phi) is 5.87. The molecule has 0 saturated carbocycles. The lowest BCUT2D eigenvalue weighted by molar-refractivity contribution is -0.309. The van der Waals surface area contributed by atoms with Gasteiger partial charge in [0.1, 0.15) is 12.2 Å². The number of aliphatic carboxylic acids is 1. The number of nitrogens with one attached hydrogen (secondary N) is 1. The number of ether oxygens (including phenoxy) is 2. The molecule has 0 aromatic heterocycles. The minimum Gasteiger partial charge on any atom is -0.548 e. The molecule has 0 unspecified atom stereocenters. The van der Waals surface area contributed by atoms with Gasteiger partial charge in [0.15, 0.2) is 6.29 Å². The predicted molar refractivity (Wildman–Crippen MR) is 74.4 cm³/mol. The predicted octanol–water partition coefficient (Wildman–Crippen LogP) is -1.62. The van der Waals surface area contributed by atoms with Gasteiger partial charge in [-0.25, -0.2) is 0 Å². The fourth-order valence-electron chi connectivity index (χ4n) is 2.23. The summed E-state index contributed by atoms with van der Waals surface area (Å²) in [6.45, 7) is 1.66. The Morgan fingerprint density at radius 1 is 1.41 bits per heavy atom. The van der Waals surface area contributed by atoms with E-state index in [2.05, 4.69) is 5.32 Å². The first-order valence-electron chi connectivity index (χ1n) is 7.09. The number of carbonyl (C=O) groups is 1. The molecule has 3 N–H and O–H groups in total. The fraction of sp³-hybridized carbons (Fsp3) is 0.533. The first kappa shape index (κ1) is 16.9. The van der Waals surface area contributed by atoms with E-state index in [9.17, 15) is 20.1 Å². The highest BCUT2D eigenvalue weighted by molar-refractivity contribution is 5.70. The van der Waals surface area contributed by atoms with Gasteiger partial charge in [-0.2, -0.15) is 0 Å². The van der Waals surface area contributed by atoms with Gasteiger partial charge in [-0.15, -0.1) is 0 Å². The van der Waals surface area contributed by atoms with Crippen molar-refractivity contribution >= 4 is 5.97 Å². The molecule has 122 valence electrons. The van der Waals surface area contributed by atoms with E-state index in [0.717, 1.165) is 5.56 Å². The van der Waals surface area contributed by atoms with Gasteiger partial charge in [-0.3, -0.25) is 0 Å². The second-order valence-electron chi connectivity index (χ2n) is 5.29. The van der Waals surface area contributed by atoms with E-state index in [-0.39, 0.29) is 13.2 Å². The summed E-state index contributed by atoms with van der Waals surface area (Å²) in [5, 5.41) is 33.4. The Hall–Kier alpha value is -1.51. The van der Waals surface area contributed by atoms with Crippen LogP contribution >= 0.6 is 0 Å². The third-order valence-corrected chi connectivity index (χ3v) is 3.56. The lowest BCUT2D eigenvalue weighted by atomic mass is 10.0. The SMILES string of the molecule is C[C@H](N[C@H]1CO[C@H](OCc2ccccc2)[C@@H](O)[C@@H]1O)C(=O)[O-].